The van der Waals surface area contributed by atoms with Crippen LogP contribution in [0, 0.1) is 11.3 Å². The number of nitrogens with zero attached hydrogens (tertiary/aromatic N) is 3. The van der Waals surface area contributed by atoms with Crippen molar-refractivity contribution >= 4 is 5.82 Å². The minimum atomic E-state index is 0.671. The van der Waals surface area contributed by atoms with E-state index in [1.165, 1.54) is 5.57 Å². The van der Waals surface area contributed by atoms with Crippen molar-refractivity contribution in [2.75, 3.05) is 18.0 Å². The molecule has 76 valence electrons. The van der Waals surface area contributed by atoms with E-state index in [1.807, 2.05) is 6.07 Å². The van der Waals surface area contributed by atoms with Crippen LogP contribution in [0.2, 0.25) is 0 Å². The van der Waals surface area contributed by atoms with Crippen LogP contribution in [0.15, 0.2) is 30.5 Å². The molecule has 0 amide bonds. The summed E-state index contributed by atoms with van der Waals surface area (Å²) in [6.07, 6.45) is 3.74. The fraction of sp³-hybridized carbons (Fsp3) is 0.333. The summed E-state index contributed by atoms with van der Waals surface area (Å²) >= 11 is 0. The van der Waals surface area contributed by atoms with Crippen LogP contribution in [0.5, 0.6) is 0 Å². The molecule has 3 heteroatoms. The lowest BCUT2D eigenvalue weighted by Gasteiger charge is -2.28. The Bertz CT molecular complexity index is 407. The number of hydrogen-bond acceptors (Lipinski definition) is 3. The first kappa shape index (κ1) is 9.72. The first-order valence-corrected chi connectivity index (χ1v) is 5.07. The summed E-state index contributed by atoms with van der Waals surface area (Å²) in [4.78, 5) is 6.49. The van der Waals surface area contributed by atoms with Crippen LogP contribution >= 0.6 is 0 Å². The fourth-order valence-electron chi connectivity index (χ4n) is 1.71. The Balaban J connectivity index is 2.16. The molecule has 0 N–H and O–H groups in total. The van der Waals surface area contributed by atoms with Crippen molar-refractivity contribution in [2.45, 2.75) is 12.8 Å². The highest BCUT2D eigenvalue weighted by atomic mass is 15.2. The standard InChI is InChI=1S/C12H13N3/c1-10-3-6-15(7-4-10)12-8-11(9-13)2-5-14-12/h2,5,8H,1,3-4,6-7H2. The van der Waals surface area contributed by atoms with Gasteiger partial charge >= 0.3 is 0 Å². The molecule has 0 saturated carbocycles. The van der Waals surface area contributed by atoms with Gasteiger partial charge in [-0.2, -0.15) is 5.26 Å². The molecule has 0 unspecified atom stereocenters. The van der Waals surface area contributed by atoms with Crippen LogP contribution in [-0.2, 0) is 0 Å². The molecule has 2 rings (SSSR count). The van der Waals surface area contributed by atoms with E-state index in [2.05, 4.69) is 22.5 Å². The number of aromatic nitrogens is 1. The number of nitriles is 1. The smallest absolute Gasteiger partial charge is 0.129 e. The van der Waals surface area contributed by atoms with Crippen molar-refractivity contribution in [1.82, 2.24) is 4.98 Å². The molecule has 1 aliphatic rings. The molecule has 0 bridgehead atoms. The maximum Gasteiger partial charge on any atom is 0.129 e. The van der Waals surface area contributed by atoms with E-state index in [-0.39, 0.29) is 0 Å². The SMILES string of the molecule is C=C1CCN(c2cc(C#N)ccn2)CC1. The van der Waals surface area contributed by atoms with E-state index in [0.717, 1.165) is 31.7 Å². The number of piperidine rings is 1. The largest absolute Gasteiger partial charge is 0.356 e. The van der Waals surface area contributed by atoms with Crippen LogP contribution in [0.1, 0.15) is 18.4 Å². The highest BCUT2D eigenvalue weighted by molar-refractivity contribution is 5.45. The Morgan fingerprint density at radius 2 is 2.13 bits per heavy atom. The Labute approximate surface area is 89.7 Å². The summed E-state index contributed by atoms with van der Waals surface area (Å²) in [6, 6.07) is 5.70. The van der Waals surface area contributed by atoms with Crippen LogP contribution in [0.25, 0.3) is 0 Å². The van der Waals surface area contributed by atoms with Gasteiger partial charge in [-0.05, 0) is 25.0 Å². The van der Waals surface area contributed by atoms with Gasteiger partial charge in [-0.1, -0.05) is 12.2 Å². The van der Waals surface area contributed by atoms with Crippen molar-refractivity contribution in [3.63, 3.8) is 0 Å². The van der Waals surface area contributed by atoms with Gasteiger partial charge in [0.1, 0.15) is 5.82 Å². The maximum atomic E-state index is 8.79. The van der Waals surface area contributed by atoms with Gasteiger partial charge < -0.3 is 4.90 Å². The predicted molar refractivity (Wildman–Crippen MR) is 59.5 cm³/mol. The van der Waals surface area contributed by atoms with Gasteiger partial charge in [0.05, 0.1) is 11.6 Å². The van der Waals surface area contributed by atoms with E-state index < -0.39 is 0 Å². The molecule has 2 heterocycles. The molecule has 1 saturated heterocycles. The maximum absolute atomic E-state index is 8.79. The van der Waals surface area contributed by atoms with Gasteiger partial charge in [-0.25, -0.2) is 4.98 Å². The fourth-order valence-corrected chi connectivity index (χ4v) is 1.71. The molecule has 1 aromatic rings. The molecule has 0 aliphatic carbocycles. The molecular weight excluding hydrogens is 186 g/mol. The highest BCUT2D eigenvalue weighted by Crippen LogP contribution is 2.20. The van der Waals surface area contributed by atoms with E-state index in [9.17, 15) is 0 Å². The normalized spacial score (nSPS) is 16.2. The zero-order chi connectivity index (χ0) is 10.7. The number of hydrogen-bond donors (Lipinski definition) is 0. The predicted octanol–water partition coefficient (Wildman–Crippen LogP) is 2.11. The third-order valence-corrected chi connectivity index (χ3v) is 2.67. The van der Waals surface area contributed by atoms with Crippen LogP contribution in [0.4, 0.5) is 5.82 Å². The molecular formula is C12H13N3. The van der Waals surface area contributed by atoms with Gasteiger partial charge in [0.2, 0.25) is 0 Å². The second-order valence-electron chi connectivity index (χ2n) is 3.75. The quantitative estimate of drug-likeness (QED) is 0.650. The summed E-state index contributed by atoms with van der Waals surface area (Å²) in [7, 11) is 0. The lowest BCUT2D eigenvalue weighted by molar-refractivity contribution is 0.679. The Hall–Kier alpha value is -1.82. The molecule has 0 atom stereocenters. The molecule has 1 fully saturated rings. The van der Waals surface area contributed by atoms with Gasteiger partial charge in [0, 0.05) is 19.3 Å². The molecule has 0 aromatic carbocycles. The third-order valence-electron chi connectivity index (χ3n) is 2.67. The molecule has 1 aromatic heterocycles. The second kappa shape index (κ2) is 4.14. The topological polar surface area (TPSA) is 39.9 Å². The van der Waals surface area contributed by atoms with Crippen molar-refractivity contribution in [3.8, 4) is 6.07 Å². The van der Waals surface area contributed by atoms with E-state index in [4.69, 9.17) is 5.26 Å². The molecule has 0 radical (unpaired) electrons. The van der Waals surface area contributed by atoms with Gasteiger partial charge in [-0.3, -0.25) is 0 Å². The van der Waals surface area contributed by atoms with Crippen LogP contribution < -0.4 is 4.90 Å². The minimum absolute atomic E-state index is 0.671. The summed E-state index contributed by atoms with van der Waals surface area (Å²) in [5.41, 5.74) is 1.98. The average molecular weight is 199 g/mol. The zero-order valence-corrected chi connectivity index (χ0v) is 8.61. The molecule has 3 nitrogen and oxygen atoms in total. The van der Waals surface area contributed by atoms with E-state index in [0.29, 0.717) is 5.56 Å². The van der Waals surface area contributed by atoms with Crippen molar-refractivity contribution in [1.29, 1.82) is 5.26 Å². The molecule has 0 spiro atoms. The van der Waals surface area contributed by atoms with Crippen molar-refractivity contribution < 1.29 is 0 Å². The number of rotatable bonds is 1. The minimum Gasteiger partial charge on any atom is -0.356 e. The lowest BCUT2D eigenvalue weighted by Crippen LogP contribution is -2.30. The summed E-state index contributed by atoms with van der Waals surface area (Å²) in [6.45, 7) is 5.89. The third kappa shape index (κ3) is 2.16. The lowest BCUT2D eigenvalue weighted by atomic mass is 10.1. The van der Waals surface area contributed by atoms with E-state index in [1.54, 1.807) is 12.3 Å². The molecule has 15 heavy (non-hydrogen) atoms. The zero-order valence-electron chi connectivity index (χ0n) is 8.61. The number of pyridine rings is 1. The molecule has 1 aliphatic heterocycles. The second-order valence-corrected chi connectivity index (χ2v) is 3.75. The first-order chi connectivity index (χ1) is 7.29. The van der Waals surface area contributed by atoms with Crippen molar-refractivity contribution in [3.05, 3.63) is 36.0 Å². The monoisotopic (exact) mass is 199 g/mol. The van der Waals surface area contributed by atoms with Gasteiger partial charge in [0.15, 0.2) is 0 Å². The van der Waals surface area contributed by atoms with E-state index >= 15 is 0 Å². The Kier molecular flexibility index (Phi) is 2.68. The Morgan fingerprint density at radius 3 is 2.80 bits per heavy atom. The number of anilines is 1. The van der Waals surface area contributed by atoms with Crippen LogP contribution in [0.3, 0.4) is 0 Å². The average Bonchev–Trinajstić information content (AvgIpc) is 2.30. The highest BCUT2D eigenvalue weighted by Gasteiger charge is 2.14. The van der Waals surface area contributed by atoms with Crippen molar-refractivity contribution in [2.24, 2.45) is 0 Å². The Morgan fingerprint density at radius 1 is 1.40 bits per heavy atom. The van der Waals surface area contributed by atoms with Gasteiger partial charge in [0.25, 0.3) is 0 Å². The van der Waals surface area contributed by atoms with Gasteiger partial charge in [-0.15, -0.1) is 0 Å². The summed E-state index contributed by atoms with van der Waals surface area (Å²) < 4.78 is 0. The summed E-state index contributed by atoms with van der Waals surface area (Å²) in [5, 5.41) is 8.79. The van der Waals surface area contributed by atoms with Crippen LogP contribution in [-0.4, -0.2) is 18.1 Å². The first-order valence-electron chi connectivity index (χ1n) is 5.07. The summed E-state index contributed by atoms with van der Waals surface area (Å²) in [5.74, 6) is 0.904.